The van der Waals surface area contributed by atoms with Crippen LogP contribution in [0.2, 0.25) is 0 Å². The summed E-state index contributed by atoms with van der Waals surface area (Å²) >= 11 is 0. The van der Waals surface area contributed by atoms with Gasteiger partial charge in [-0.25, -0.2) is 24.4 Å². The number of nitrogens with zero attached hydrogens (tertiary/aromatic N) is 1. The second kappa shape index (κ2) is 4.19. The van der Waals surface area contributed by atoms with E-state index in [2.05, 4.69) is 10.2 Å². The Morgan fingerprint density at radius 1 is 1.00 bits per heavy atom. The van der Waals surface area contributed by atoms with Crippen molar-refractivity contribution in [3.63, 3.8) is 0 Å². The average Bonchev–Trinajstić information content (AvgIpc) is 2.62. The van der Waals surface area contributed by atoms with Gasteiger partial charge in [-0.15, -0.1) is 0 Å². The van der Waals surface area contributed by atoms with E-state index in [9.17, 15) is 9.59 Å². The van der Waals surface area contributed by atoms with Crippen molar-refractivity contribution in [1.29, 1.82) is 0 Å². The van der Waals surface area contributed by atoms with Crippen LogP contribution in [0.4, 0.5) is 0 Å². The summed E-state index contributed by atoms with van der Waals surface area (Å²) in [5, 5.41) is 13.3. The van der Waals surface area contributed by atoms with Crippen LogP contribution in [0, 0.1) is 0 Å². The topological polar surface area (TPSA) is 90.9 Å². The molecule has 0 aliphatic carbocycles. The van der Waals surface area contributed by atoms with Gasteiger partial charge in [0.05, 0.1) is 13.2 Å². The van der Waals surface area contributed by atoms with E-state index in [1.165, 1.54) is 0 Å². The first-order chi connectivity index (χ1) is 7.70. The SMILES string of the molecule is O=c1[nH][nH]c(=O)n1Cc1ccc(CO)cc1. The average molecular weight is 221 g/mol. The van der Waals surface area contributed by atoms with Gasteiger partial charge in [0.25, 0.3) is 0 Å². The molecular weight excluding hydrogens is 210 g/mol. The Hall–Kier alpha value is -2.08. The lowest BCUT2D eigenvalue weighted by atomic mass is 10.1. The molecule has 1 aromatic heterocycles. The van der Waals surface area contributed by atoms with E-state index in [1.54, 1.807) is 24.3 Å². The molecule has 0 fully saturated rings. The van der Waals surface area contributed by atoms with E-state index in [0.717, 1.165) is 15.7 Å². The highest BCUT2D eigenvalue weighted by atomic mass is 16.3. The zero-order chi connectivity index (χ0) is 11.5. The van der Waals surface area contributed by atoms with Crippen LogP contribution in [0.15, 0.2) is 33.9 Å². The highest BCUT2D eigenvalue weighted by Gasteiger charge is 2.03. The lowest BCUT2D eigenvalue weighted by molar-refractivity contribution is 0.282. The third kappa shape index (κ3) is 1.96. The Balaban J connectivity index is 2.27. The van der Waals surface area contributed by atoms with E-state index in [-0.39, 0.29) is 13.2 Å². The van der Waals surface area contributed by atoms with Crippen molar-refractivity contribution in [3.05, 3.63) is 56.4 Å². The predicted molar refractivity (Wildman–Crippen MR) is 57.1 cm³/mol. The summed E-state index contributed by atoms with van der Waals surface area (Å²) in [4.78, 5) is 22.4. The van der Waals surface area contributed by atoms with Crippen molar-refractivity contribution < 1.29 is 5.11 Å². The molecule has 1 aromatic carbocycles. The molecule has 1 heterocycles. The number of aromatic amines is 2. The second-order valence-electron chi connectivity index (χ2n) is 3.42. The molecule has 0 saturated carbocycles. The van der Waals surface area contributed by atoms with Crippen LogP contribution >= 0.6 is 0 Å². The van der Waals surface area contributed by atoms with Crippen molar-refractivity contribution in [2.45, 2.75) is 13.2 Å². The Morgan fingerprint density at radius 3 is 2.00 bits per heavy atom. The van der Waals surface area contributed by atoms with Crippen LogP contribution in [0.5, 0.6) is 0 Å². The van der Waals surface area contributed by atoms with Gasteiger partial charge in [0.1, 0.15) is 0 Å². The fraction of sp³-hybridized carbons (Fsp3) is 0.200. The van der Waals surface area contributed by atoms with Crippen LogP contribution in [0.1, 0.15) is 11.1 Å². The molecule has 0 atom stereocenters. The monoisotopic (exact) mass is 221 g/mol. The molecule has 6 heteroatoms. The van der Waals surface area contributed by atoms with Gasteiger partial charge in [0, 0.05) is 0 Å². The molecule has 3 N–H and O–H groups in total. The van der Waals surface area contributed by atoms with Gasteiger partial charge in [0.15, 0.2) is 0 Å². The van der Waals surface area contributed by atoms with Gasteiger partial charge in [-0.05, 0) is 11.1 Å². The van der Waals surface area contributed by atoms with Crippen LogP contribution in [-0.4, -0.2) is 19.9 Å². The Morgan fingerprint density at radius 2 is 1.50 bits per heavy atom. The maximum atomic E-state index is 11.2. The van der Waals surface area contributed by atoms with Gasteiger partial charge >= 0.3 is 11.4 Å². The second-order valence-corrected chi connectivity index (χ2v) is 3.42. The standard InChI is InChI=1S/C10H11N3O3/c14-6-8-3-1-7(2-4-8)5-13-9(15)11-12-10(13)16/h1-4,14H,5-6H2,(H,11,15)(H,12,16). The lowest BCUT2D eigenvalue weighted by Gasteiger charge is -2.01. The Bertz CT molecular complexity index is 549. The molecule has 2 aromatic rings. The molecule has 0 saturated heterocycles. The molecule has 0 unspecified atom stereocenters. The van der Waals surface area contributed by atoms with Crippen LogP contribution < -0.4 is 11.4 Å². The number of nitrogens with one attached hydrogen (secondary N) is 2. The number of hydrogen-bond donors (Lipinski definition) is 3. The summed E-state index contributed by atoms with van der Waals surface area (Å²) in [5.74, 6) is 0. The number of aliphatic hydroxyl groups excluding tert-OH is 1. The van der Waals surface area contributed by atoms with Gasteiger partial charge < -0.3 is 5.11 Å². The van der Waals surface area contributed by atoms with Crippen LogP contribution in [0.25, 0.3) is 0 Å². The summed E-state index contributed by atoms with van der Waals surface area (Å²) in [6.45, 7) is 0.189. The molecular formula is C10H11N3O3. The van der Waals surface area contributed by atoms with Crippen molar-refractivity contribution in [2.75, 3.05) is 0 Å². The van der Waals surface area contributed by atoms with Crippen molar-refractivity contribution in [3.8, 4) is 0 Å². The minimum absolute atomic E-state index is 0.0229. The molecule has 2 rings (SSSR count). The van der Waals surface area contributed by atoms with E-state index >= 15 is 0 Å². The first-order valence-corrected chi connectivity index (χ1v) is 4.77. The number of H-pyrrole nitrogens is 2. The lowest BCUT2D eigenvalue weighted by Crippen LogP contribution is -2.26. The molecule has 6 nitrogen and oxygen atoms in total. The number of benzene rings is 1. The molecule has 0 radical (unpaired) electrons. The highest BCUT2D eigenvalue weighted by Crippen LogP contribution is 2.04. The zero-order valence-electron chi connectivity index (χ0n) is 8.43. The number of aliphatic hydroxyl groups is 1. The van der Waals surface area contributed by atoms with Crippen molar-refractivity contribution >= 4 is 0 Å². The minimum atomic E-state index is -0.462. The van der Waals surface area contributed by atoms with Crippen molar-refractivity contribution in [2.24, 2.45) is 0 Å². The number of aromatic nitrogens is 3. The van der Waals surface area contributed by atoms with E-state index in [4.69, 9.17) is 5.11 Å². The Kier molecular flexibility index (Phi) is 2.74. The third-order valence-corrected chi connectivity index (χ3v) is 2.31. The largest absolute Gasteiger partial charge is 0.392 e. The smallest absolute Gasteiger partial charge is 0.344 e. The maximum Gasteiger partial charge on any atom is 0.344 e. The summed E-state index contributed by atoms with van der Waals surface area (Å²) in [5.41, 5.74) is 0.691. The Labute approximate surface area is 90.2 Å². The molecule has 0 aliphatic heterocycles. The van der Waals surface area contributed by atoms with Crippen LogP contribution in [0.3, 0.4) is 0 Å². The summed E-state index contributed by atoms with van der Waals surface area (Å²) < 4.78 is 1.06. The molecule has 0 amide bonds. The predicted octanol–water partition coefficient (Wildman–Crippen LogP) is -0.595. The summed E-state index contributed by atoms with van der Waals surface area (Å²) in [7, 11) is 0. The van der Waals surface area contributed by atoms with E-state index in [0.29, 0.717) is 0 Å². The van der Waals surface area contributed by atoms with E-state index in [1.807, 2.05) is 0 Å². The molecule has 16 heavy (non-hydrogen) atoms. The fourth-order valence-electron chi connectivity index (χ4n) is 1.41. The van der Waals surface area contributed by atoms with Crippen LogP contribution in [-0.2, 0) is 13.2 Å². The maximum absolute atomic E-state index is 11.2. The van der Waals surface area contributed by atoms with Crippen molar-refractivity contribution in [1.82, 2.24) is 14.8 Å². The first-order valence-electron chi connectivity index (χ1n) is 4.77. The number of rotatable bonds is 3. The molecule has 0 aliphatic rings. The van der Waals surface area contributed by atoms with E-state index < -0.39 is 11.4 Å². The quantitative estimate of drug-likeness (QED) is 0.646. The number of hydrogen-bond acceptors (Lipinski definition) is 3. The fourth-order valence-corrected chi connectivity index (χ4v) is 1.41. The molecule has 0 bridgehead atoms. The molecule has 0 spiro atoms. The van der Waals surface area contributed by atoms with Gasteiger partial charge in [-0.2, -0.15) is 0 Å². The third-order valence-electron chi connectivity index (χ3n) is 2.31. The van der Waals surface area contributed by atoms with Gasteiger partial charge in [-0.3, -0.25) is 0 Å². The summed E-state index contributed by atoms with van der Waals surface area (Å²) in [6, 6.07) is 7.04. The van der Waals surface area contributed by atoms with Gasteiger partial charge in [0.2, 0.25) is 0 Å². The zero-order valence-corrected chi connectivity index (χ0v) is 8.43. The first kappa shape index (κ1) is 10.4. The highest BCUT2D eigenvalue weighted by molar-refractivity contribution is 5.22. The summed E-state index contributed by atoms with van der Waals surface area (Å²) in [6.07, 6.45) is 0. The minimum Gasteiger partial charge on any atom is -0.392 e. The molecule has 84 valence electrons. The van der Waals surface area contributed by atoms with Gasteiger partial charge in [-0.1, -0.05) is 24.3 Å². The normalized spacial score (nSPS) is 10.6.